The van der Waals surface area contributed by atoms with Gasteiger partial charge in [0, 0.05) is 18.3 Å². The molecule has 0 bridgehead atoms. The third kappa shape index (κ3) is 2.86. The van der Waals surface area contributed by atoms with Crippen LogP contribution in [0.3, 0.4) is 0 Å². The van der Waals surface area contributed by atoms with E-state index in [0.717, 1.165) is 16.6 Å². The highest BCUT2D eigenvalue weighted by Gasteiger charge is 2.35. The van der Waals surface area contributed by atoms with Gasteiger partial charge in [-0.25, -0.2) is 0 Å². The first-order valence-corrected chi connectivity index (χ1v) is 10.2. The molecule has 0 fully saturated rings. The van der Waals surface area contributed by atoms with Gasteiger partial charge in [-0.05, 0) is 30.1 Å². The van der Waals surface area contributed by atoms with E-state index in [9.17, 15) is 5.11 Å². The van der Waals surface area contributed by atoms with Gasteiger partial charge in [0.05, 0.1) is 6.26 Å². The van der Waals surface area contributed by atoms with Crippen LogP contribution in [0.15, 0.2) is 41.0 Å². The number of hydrogen-bond acceptors (Lipinski definition) is 3. The van der Waals surface area contributed by atoms with Crippen LogP contribution in [0.5, 0.6) is 5.75 Å². The molecule has 3 nitrogen and oxygen atoms in total. The molecule has 1 aromatic carbocycles. The maximum Gasteiger partial charge on any atom is 0.189 e. The summed E-state index contributed by atoms with van der Waals surface area (Å²) in [7, 11) is -0.0166. The predicted octanol–water partition coefficient (Wildman–Crippen LogP) is 3.83. The van der Waals surface area contributed by atoms with E-state index in [0.29, 0.717) is 5.75 Å². The van der Waals surface area contributed by atoms with Gasteiger partial charge in [-0.15, -0.1) is 0 Å². The summed E-state index contributed by atoms with van der Waals surface area (Å²) in [4.78, 5) is 0. The van der Waals surface area contributed by atoms with E-state index in [-0.39, 0.29) is 5.41 Å². The smallest absolute Gasteiger partial charge is 0.189 e. The van der Waals surface area contributed by atoms with Gasteiger partial charge in [0.1, 0.15) is 5.75 Å². The Bertz CT molecular complexity index is 612. The summed E-state index contributed by atoms with van der Waals surface area (Å²) in [6.45, 7) is 10.8. The molecule has 2 rings (SSSR count). The van der Waals surface area contributed by atoms with E-state index in [4.69, 9.17) is 4.42 Å². The molecule has 0 saturated heterocycles. The minimum absolute atomic E-state index is 0.0756. The molecule has 114 valence electrons. The third-order valence-corrected chi connectivity index (χ3v) is 7.80. The SMILES string of the molecule is CN(c1ccco1)[Si](C)(C)c1cccc(C(C)(C)C)c1O. The Balaban J connectivity index is 2.50. The maximum atomic E-state index is 10.8. The van der Waals surface area contributed by atoms with Crippen LogP contribution in [0.1, 0.15) is 26.3 Å². The van der Waals surface area contributed by atoms with Crippen molar-refractivity contribution in [3.8, 4) is 5.75 Å². The zero-order chi connectivity index (χ0) is 15.8. The van der Waals surface area contributed by atoms with Crippen molar-refractivity contribution in [2.24, 2.45) is 0 Å². The molecule has 1 heterocycles. The molecule has 0 aliphatic heterocycles. The number of furan rings is 1. The molecule has 1 aromatic heterocycles. The molecule has 21 heavy (non-hydrogen) atoms. The van der Waals surface area contributed by atoms with Gasteiger partial charge in [-0.1, -0.05) is 39.0 Å². The fraction of sp³-hybridized carbons (Fsp3) is 0.412. The Morgan fingerprint density at radius 1 is 1.10 bits per heavy atom. The fourth-order valence-electron chi connectivity index (χ4n) is 2.56. The lowest BCUT2D eigenvalue weighted by atomic mass is 9.86. The van der Waals surface area contributed by atoms with Crippen molar-refractivity contribution in [1.82, 2.24) is 0 Å². The fourth-order valence-corrected chi connectivity index (χ4v) is 4.82. The summed E-state index contributed by atoms with van der Waals surface area (Å²) in [6, 6.07) is 9.94. The first kappa shape index (κ1) is 15.7. The summed E-state index contributed by atoms with van der Waals surface area (Å²) >= 11 is 0. The van der Waals surface area contributed by atoms with E-state index in [1.165, 1.54) is 0 Å². The highest BCUT2D eigenvalue weighted by atomic mass is 28.3. The summed E-state index contributed by atoms with van der Waals surface area (Å²) in [5.41, 5.74) is 0.918. The van der Waals surface area contributed by atoms with Crippen molar-refractivity contribution in [2.75, 3.05) is 11.6 Å². The number of rotatable bonds is 3. The number of nitrogens with zero attached hydrogens (tertiary/aromatic N) is 1. The van der Waals surface area contributed by atoms with Crippen LogP contribution >= 0.6 is 0 Å². The quantitative estimate of drug-likeness (QED) is 0.876. The second-order valence-corrected chi connectivity index (χ2v) is 11.3. The first-order valence-electron chi connectivity index (χ1n) is 7.26. The monoisotopic (exact) mass is 303 g/mol. The number of phenols is 1. The number of aromatic hydroxyl groups is 1. The van der Waals surface area contributed by atoms with Crippen LogP contribution in [-0.2, 0) is 5.41 Å². The van der Waals surface area contributed by atoms with Gasteiger partial charge in [0.15, 0.2) is 14.1 Å². The Morgan fingerprint density at radius 3 is 2.29 bits per heavy atom. The van der Waals surface area contributed by atoms with Crippen LogP contribution < -0.4 is 9.75 Å². The van der Waals surface area contributed by atoms with Gasteiger partial charge in [0.2, 0.25) is 0 Å². The van der Waals surface area contributed by atoms with Crippen LogP contribution in [0.2, 0.25) is 13.1 Å². The molecule has 0 amide bonds. The van der Waals surface area contributed by atoms with Crippen molar-refractivity contribution >= 4 is 19.3 Å². The van der Waals surface area contributed by atoms with Gasteiger partial charge in [-0.3, -0.25) is 0 Å². The normalized spacial score (nSPS) is 12.5. The Morgan fingerprint density at radius 2 is 1.76 bits per heavy atom. The Hall–Kier alpha value is -1.68. The summed E-state index contributed by atoms with van der Waals surface area (Å²) in [5.74, 6) is 1.27. The van der Waals surface area contributed by atoms with E-state index < -0.39 is 8.24 Å². The molecule has 0 spiro atoms. The molecule has 0 radical (unpaired) electrons. The van der Waals surface area contributed by atoms with E-state index in [2.05, 4.69) is 38.4 Å². The van der Waals surface area contributed by atoms with Gasteiger partial charge in [-0.2, -0.15) is 0 Å². The van der Waals surface area contributed by atoms with Crippen molar-refractivity contribution in [3.63, 3.8) is 0 Å². The largest absolute Gasteiger partial charge is 0.508 e. The summed E-state index contributed by atoms with van der Waals surface area (Å²) in [6.07, 6.45) is 1.68. The molecule has 0 saturated carbocycles. The maximum absolute atomic E-state index is 10.8. The van der Waals surface area contributed by atoms with E-state index in [1.54, 1.807) is 6.26 Å². The lowest BCUT2D eigenvalue weighted by molar-refractivity contribution is 0.450. The Kier molecular flexibility index (Phi) is 3.93. The predicted molar refractivity (Wildman–Crippen MR) is 91.0 cm³/mol. The third-order valence-electron chi connectivity index (χ3n) is 4.18. The molecule has 2 aromatic rings. The number of hydrogen-bond donors (Lipinski definition) is 1. The standard InChI is InChI=1S/C17H25NO2Si/c1-17(2,3)13-9-7-10-14(16(13)19)21(5,6)18(4)15-11-8-12-20-15/h7-12,19H,1-6H3. The van der Waals surface area contributed by atoms with Crippen molar-refractivity contribution in [1.29, 1.82) is 0 Å². The topological polar surface area (TPSA) is 36.6 Å². The number of benzene rings is 1. The number of anilines is 1. The van der Waals surface area contributed by atoms with Crippen LogP contribution in [0, 0.1) is 0 Å². The van der Waals surface area contributed by atoms with Crippen molar-refractivity contribution in [2.45, 2.75) is 39.3 Å². The van der Waals surface area contributed by atoms with Gasteiger partial charge in [0.25, 0.3) is 0 Å². The summed E-state index contributed by atoms with van der Waals surface area (Å²) < 4.78 is 7.69. The average molecular weight is 303 g/mol. The lowest BCUT2D eigenvalue weighted by Gasteiger charge is -2.35. The molecular formula is C17H25NO2Si. The van der Waals surface area contributed by atoms with Crippen LogP contribution in [-0.4, -0.2) is 20.4 Å². The molecule has 4 heteroatoms. The van der Waals surface area contributed by atoms with Gasteiger partial charge >= 0.3 is 0 Å². The van der Waals surface area contributed by atoms with Crippen LogP contribution in [0.4, 0.5) is 5.88 Å². The van der Waals surface area contributed by atoms with Gasteiger partial charge < -0.3 is 14.1 Å². The lowest BCUT2D eigenvalue weighted by Crippen LogP contribution is -2.56. The van der Waals surface area contributed by atoms with E-state index >= 15 is 0 Å². The number of phenolic OH excluding ortho intramolecular Hbond substituents is 1. The zero-order valence-electron chi connectivity index (χ0n) is 13.8. The second kappa shape index (κ2) is 5.26. The highest BCUT2D eigenvalue weighted by Crippen LogP contribution is 2.31. The molecular weight excluding hydrogens is 278 g/mol. The van der Waals surface area contributed by atoms with E-state index in [1.807, 2.05) is 37.4 Å². The first-order chi connectivity index (χ1) is 9.65. The zero-order valence-corrected chi connectivity index (χ0v) is 14.8. The average Bonchev–Trinajstić information content (AvgIpc) is 2.90. The summed E-state index contributed by atoms with van der Waals surface area (Å²) in [5, 5.41) is 11.8. The van der Waals surface area contributed by atoms with Crippen LogP contribution in [0.25, 0.3) is 0 Å². The number of para-hydroxylation sites is 1. The molecule has 0 aliphatic carbocycles. The Labute approximate surface area is 128 Å². The second-order valence-electron chi connectivity index (χ2n) is 7.02. The van der Waals surface area contributed by atoms with Crippen molar-refractivity contribution < 1.29 is 9.52 Å². The molecule has 1 N–H and O–H groups in total. The van der Waals surface area contributed by atoms with Crippen molar-refractivity contribution in [3.05, 3.63) is 42.2 Å². The molecule has 0 unspecified atom stereocenters. The molecule has 0 atom stereocenters. The highest BCUT2D eigenvalue weighted by molar-refractivity contribution is 6.93. The minimum Gasteiger partial charge on any atom is -0.508 e. The minimum atomic E-state index is -2.05. The molecule has 0 aliphatic rings.